The average molecular weight is 238 g/mol. The van der Waals surface area contributed by atoms with E-state index in [1.807, 2.05) is 6.07 Å². The molecule has 0 spiro atoms. The van der Waals surface area contributed by atoms with Gasteiger partial charge in [-0.15, -0.1) is 0 Å². The van der Waals surface area contributed by atoms with Gasteiger partial charge in [0.25, 0.3) is 0 Å². The fraction of sp³-hybridized carbons (Fsp3) is 0.538. The number of nitrogens with two attached hydrogens (primary N) is 1. The highest BCUT2D eigenvalue weighted by Gasteiger charge is 2.23. The summed E-state index contributed by atoms with van der Waals surface area (Å²) in [7, 11) is 0. The number of nitrogens with one attached hydrogen (secondary N) is 1. The summed E-state index contributed by atoms with van der Waals surface area (Å²) in [4.78, 5) is 0. The Morgan fingerprint density at radius 1 is 1.53 bits per heavy atom. The van der Waals surface area contributed by atoms with Crippen LogP contribution in [0.5, 0.6) is 0 Å². The Balaban J connectivity index is 1.79. The van der Waals surface area contributed by atoms with Crippen LogP contribution in [-0.4, -0.2) is 19.3 Å². The maximum atomic E-state index is 13.2. The standard InChI is InChI=1S/C13H19FN2O/c1-9-11(4-5-17-9)8-16-7-10-2-3-13(15)12(14)6-10/h2-3,6,9,11,16H,4-5,7-8,15H2,1H3. The molecule has 2 unspecified atom stereocenters. The van der Waals surface area contributed by atoms with E-state index >= 15 is 0 Å². The van der Waals surface area contributed by atoms with Gasteiger partial charge in [0.2, 0.25) is 0 Å². The fourth-order valence-corrected chi connectivity index (χ4v) is 2.13. The van der Waals surface area contributed by atoms with Gasteiger partial charge in [0.15, 0.2) is 0 Å². The molecule has 1 saturated heterocycles. The molecule has 1 aromatic rings. The van der Waals surface area contributed by atoms with Crippen LogP contribution in [0.15, 0.2) is 18.2 Å². The summed E-state index contributed by atoms with van der Waals surface area (Å²) in [6.45, 7) is 4.53. The van der Waals surface area contributed by atoms with Crippen LogP contribution < -0.4 is 11.1 Å². The molecular formula is C13H19FN2O. The normalized spacial score (nSPS) is 24.1. The Morgan fingerprint density at radius 3 is 3.00 bits per heavy atom. The molecule has 94 valence electrons. The molecule has 0 aliphatic carbocycles. The molecule has 1 fully saturated rings. The Labute approximate surface area is 101 Å². The second-order valence-corrected chi connectivity index (χ2v) is 4.61. The van der Waals surface area contributed by atoms with Gasteiger partial charge < -0.3 is 15.8 Å². The number of hydrogen-bond donors (Lipinski definition) is 2. The van der Waals surface area contributed by atoms with Gasteiger partial charge in [-0.25, -0.2) is 4.39 Å². The number of nitrogen functional groups attached to an aromatic ring is 1. The second-order valence-electron chi connectivity index (χ2n) is 4.61. The quantitative estimate of drug-likeness (QED) is 0.788. The molecule has 0 aromatic heterocycles. The van der Waals surface area contributed by atoms with Gasteiger partial charge in [-0.05, 0) is 37.0 Å². The molecule has 3 N–H and O–H groups in total. The summed E-state index contributed by atoms with van der Waals surface area (Å²) in [5, 5.41) is 3.33. The summed E-state index contributed by atoms with van der Waals surface area (Å²) in [5.74, 6) is 0.218. The average Bonchev–Trinajstić information content (AvgIpc) is 2.70. The lowest BCUT2D eigenvalue weighted by Crippen LogP contribution is -2.26. The molecule has 0 bridgehead atoms. The van der Waals surface area contributed by atoms with E-state index < -0.39 is 0 Å². The van der Waals surface area contributed by atoms with Crippen molar-refractivity contribution in [3.05, 3.63) is 29.6 Å². The van der Waals surface area contributed by atoms with E-state index in [1.165, 1.54) is 6.07 Å². The molecule has 3 nitrogen and oxygen atoms in total. The Kier molecular flexibility index (Phi) is 3.97. The minimum Gasteiger partial charge on any atom is -0.396 e. The lowest BCUT2D eigenvalue weighted by atomic mass is 10.0. The third-order valence-electron chi connectivity index (χ3n) is 3.33. The van der Waals surface area contributed by atoms with Gasteiger partial charge >= 0.3 is 0 Å². The third kappa shape index (κ3) is 3.17. The van der Waals surface area contributed by atoms with Crippen molar-refractivity contribution in [2.75, 3.05) is 18.9 Å². The van der Waals surface area contributed by atoms with Crippen molar-refractivity contribution in [1.29, 1.82) is 0 Å². The number of halogens is 1. The Bertz CT molecular complexity index is 384. The van der Waals surface area contributed by atoms with Crippen molar-refractivity contribution in [2.24, 2.45) is 5.92 Å². The minimum atomic E-state index is -0.345. The van der Waals surface area contributed by atoms with Gasteiger partial charge in [0, 0.05) is 19.7 Å². The number of rotatable bonds is 4. The third-order valence-corrected chi connectivity index (χ3v) is 3.33. The van der Waals surface area contributed by atoms with Gasteiger partial charge in [0.05, 0.1) is 11.8 Å². The zero-order chi connectivity index (χ0) is 12.3. The lowest BCUT2D eigenvalue weighted by Gasteiger charge is -2.14. The minimum absolute atomic E-state index is 0.201. The molecular weight excluding hydrogens is 219 g/mol. The topological polar surface area (TPSA) is 47.3 Å². The molecule has 1 aliphatic heterocycles. The maximum Gasteiger partial charge on any atom is 0.146 e. The molecule has 2 atom stereocenters. The van der Waals surface area contributed by atoms with Crippen LogP contribution in [0, 0.1) is 11.7 Å². The molecule has 0 radical (unpaired) electrons. The number of benzene rings is 1. The van der Waals surface area contributed by atoms with Crippen molar-refractivity contribution in [3.8, 4) is 0 Å². The SMILES string of the molecule is CC1OCCC1CNCc1ccc(N)c(F)c1. The molecule has 0 amide bonds. The monoisotopic (exact) mass is 238 g/mol. The van der Waals surface area contributed by atoms with E-state index in [0.29, 0.717) is 18.6 Å². The van der Waals surface area contributed by atoms with E-state index in [2.05, 4.69) is 12.2 Å². The first-order chi connectivity index (χ1) is 8.16. The zero-order valence-corrected chi connectivity index (χ0v) is 10.1. The predicted molar refractivity (Wildman–Crippen MR) is 66.0 cm³/mol. The molecule has 1 aliphatic rings. The Morgan fingerprint density at radius 2 is 2.35 bits per heavy atom. The summed E-state index contributed by atoms with van der Waals surface area (Å²) in [6, 6.07) is 4.94. The summed E-state index contributed by atoms with van der Waals surface area (Å²) >= 11 is 0. The van der Waals surface area contributed by atoms with Gasteiger partial charge in [-0.1, -0.05) is 6.07 Å². The van der Waals surface area contributed by atoms with Gasteiger partial charge in [-0.2, -0.15) is 0 Å². The van der Waals surface area contributed by atoms with Crippen LogP contribution in [0.1, 0.15) is 18.9 Å². The van der Waals surface area contributed by atoms with Crippen molar-refractivity contribution in [3.63, 3.8) is 0 Å². The van der Waals surface area contributed by atoms with Crippen molar-refractivity contribution >= 4 is 5.69 Å². The van der Waals surface area contributed by atoms with E-state index in [9.17, 15) is 4.39 Å². The number of anilines is 1. The number of ether oxygens (including phenoxy) is 1. The van der Waals surface area contributed by atoms with Crippen LogP contribution in [0.4, 0.5) is 10.1 Å². The van der Waals surface area contributed by atoms with E-state index in [-0.39, 0.29) is 11.5 Å². The van der Waals surface area contributed by atoms with Crippen LogP contribution in [0.3, 0.4) is 0 Å². The van der Waals surface area contributed by atoms with Crippen LogP contribution in [-0.2, 0) is 11.3 Å². The molecule has 1 heterocycles. The Hall–Kier alpha value is -1.13. The van der Waals surface area contributed by atoms with E-state index in [0.717, 1.165) is 25.1 Å². The van der Waals surface area contributed by atoms with Crippen molar-refractivity contribution in [2.45, 2.75) is 26.0 Å². The van der Waals surface area contributed by atoms with Crippen LogP contribution >= 0.6 is 0 Å². The van der Waals surface area contributed by atoms with Gasteiger partial charge in [-0.3, -0.25) is 0 Å². The first-order valence-corrected chi connectivity index (χ1v) is 6.03. The molecule has 4 heteroatoms. The molecule has 2 rings (SSSR count). The predicted octanol–water partition coefficient (Wildman–Crippen LogP) is 1.92. The first kappa shape index (κ1) is 12.3. The highest BCUT2D eigenvalue weighted by Crippen LogP contribution is 2.19. The van der Waals surface area contributed by atoms with Crippen molar-refractivity contribution < 1.29 is 9.13 Å². The zero-order valence-electron chi connectivity index (χ0n) is 10.1. The maximum absolute atomic E-state index is 13.2. The second kappa shape index (κ2) is 5.47. The van der Waals surface area contributed by atoms with E-state index in [4.69, 9.17) is 10.5 Å². The summed E-state index contributed by atoms with van der Waals surface area (Å²) in [5.41, 5.74) is 6.54. The van der Waals surface area contributed by atoms with E-state index in [1.54, 1.807) is 6.07 Å². The molecule has 0 saturated carbocycles. The van der Waals surface area contributed by atoms with Crippen molar-refractivity contribution in [1.82, 2.24) is 5.32 Å². The smallest absolute Gasteiger partial charge is 0.146 e. The van der Waals surface area contributed by atoms with Crippen LogP contribution in [0.25, 0.3) is 0 Å². The van der Waals surface area contributed by atoms with Gasteiger partial charge in [0.1, 0.15) is 5.82 Å². The highest BCUT2D eigenvalue weighted by atomic mass is 19.1. The highest BCUT2D eigenvalue weighted by molar-refractivity contribution is 5.41. The summed E-state index contributed by atoms with van der Waals surface area (Å²) < 4.78 is 18.7. The summed E-state index contributed by atoms with van der Waals surface area (Å²) in [6.07, 6.45) is 1.43. The molecule has 17 heavy (non-hydrogen) atoms. The lowest BCUT2D eigenvalue weighted by molar-refractivity contribution is 0.105. The fourth-order valence-electron chi connectivity index (χ4n) is 2.13. The first-order valence-electron chi connectivity index (χ1n) is 6.03. The largest absolute Gasteiger partial charge is 0.396 e. The number of hydrogen-bond acceptors (Lipinski definition) is 3. The van der Waals surface area contributed by atoms with Crippen LogP contribution in [0.2, 0.25) is 0 Å². The molecule has 1 aromatic carbocycles.